The fraction of sp³-hybridized carbons (Fsp3) is 0.154. The van der Waals surface area contributed by atoms with Gasteiger partial charge in [0.15, 0.2) is 0 Å². The molecule has 0 aliphatic carbocycles. The molecule has 3 nitrogen and oxygen atoms in total. The number of carbonyl (C=O) groups excluding carboxylic acids is 1. The normalized spacial score (nSPS) is 11.8. The van der Waals surface area contributed by atoms with Gasteiger partial charge in [-0.3, -0.25) is 0 Å². The van der Waals surface area contributed by atoms with Gasteiger partial charge in [-0.05, 0) is 30.7 Å². The van der Waals surface area contributed by atoms with Crippen LogP contribution >= 0.6 is 11.6 Å². The zero-order valence-corrected chi connectivity index (χ0v) is 10.5. The first-order valence-electron chi connectivity index (χ1n) is 5.02. The van der Waals surface area contributed by atoms with Crippen molar-refractivity contribution >= 4 is 29.3 Å². The van der Waals surface area contributed by atoms with Crippen molar-refractivity contribution in [2.75, 3.05) is 12.8 Å². The number of carbonyl (C=O) groups is 1. The number of allylic oxidation sites excluding steroid dienone is 2. The molecule has 2 N–H and O–H groups in total. The van der Waals surface area contributed by atoms with E-state index in [0.717, 1.165) is 11.1 Å². The topological polar surface area (TPSA) is 52.3 Å². The van der Waals surface area contributed by atoms with E-state index in [-0.39, 0.29) is 0 Å². The van der Waals surface area contributed by atoms with Crippen LogP contribution in [0.15, 0.2) is 35.9 Å². The fourth-order valence-corrected chi connectivity index (χ4v) is 1.41. The highest BCUT2D eigenvalue weighted by atomic mass is 35.5. The van der Waals surface area contributed by atoms with Crippen LogP contribution < -0.4 is 5.73 Å². The quantitative estimate of drug-likeness (QED) is 0.389. The first-order valence-corrected chi connectivity index (χ1v) is 5.40. The van der Waals surface area contributed by atoms with Crippen LogP contribution in [-0.4, -0.2) is 13.1 Å². The minimum absolute atomic E-state index is 0.392. The van der Waals surface area contributed by atoms with E-state index in [1.165, 1.54) is 13.2 Å². The number of halogens is 1. The van der Waals surface area contributed by atoms with E-state index >= 15 is 0 Å². The van der Waals surface area contributed by atoms with Gasteiger partial charge in [-0.25, -0.2) is 4.79 Å². The maximum atomic E-state index is 10.9. The SMILES string of the molecule is COC(=O)C=CC(C)=Cc1cc(N)ccc1Cl. The second-order valence-corrected chi connectivity index (χ2v) is 3.93. The highest BCUT2D eigenvalue weighted by molar-refractivity contribution is 6.32. The van der Waals surface area contributed by atoms with Crippen LogP contribution in [0.25, 0.3) is 6.08 Å². The average molecular weight is 252 g/mol. The Kier molecular flexibility index (Phi) is 4.79. The molecule has 4 heteroatoms. The first-order chi connectivity index (χ1) is 8.02. The molecule has 1 rings (SSSR count). The van der Waals surface area contributed by atoms with Crippen LogP contribution in [0.2, 0.25) is 5.02 Å². The number of benzene rings is 1. The third-order valence-electron chi connectivity index (χ3n) is 2.09. The van der Waals surface area contributed by atoms with Gasteiger partial charge in [-0.15, -0.1) is 0 Å². The summed E-state index contributed by atoms with van der Waals surface area (Å²) in [5.74, 6) is -0.392. The van der Waals surface area contributed by atoms with Crippen molar-refractivity contribution in [2.24, 2.45) is 0 Å². The molecule has 0 radical (unpaired) electrons. The smallest absolute Gasteiger partial charge is 0.330 e. The Morgan fingerprint density at radius 1 is 1.41 bits per heavy atom. The van der Waals surface area contributed by atoms with Gasteiger partial charge >= 0.3 is 5.97 Å². The molecule has 0 amide bonds. The molecule has 0 aliphatic heterocycles. The monoisotopic (exact) mass is 251 g/mol. The zero-order chi connectivity index (χ0) is 12.8. The molecular weight excluding hydrogens is 238 g/mol. The van der Waals surface area contributed by atoms with Crippen LogP contribution in [0.4, 0.5) is 5.69 Å². The minimum atomic E-state index is -0.392. The average Bonchev–Trinajstić information content (AvgIpc) is 2.30. The Bertz CT molecular complexity index is 478. The molecule has 0 heterocycles. The van der Waals surface area contributed by atoms with Gasteiger partial charge in [0.1, 0.15) is 0 Å². The molecule has 0 bridgehead atoms. The third-order valence-corrected chi connectivity index (χ3v) is 2.43. The maximum absolute atomic E-state index is 10.9. The standard InChI is InChI=1S/C13H14ClNO2/c1-9(3-6-13(16)17-2)7-10-8-11(15)4-5-12(10)14/h3-8H,15H2,1-2H3. The third kappa shape index (κ3) is 4.33. The number of esters is 1. The molecule has 1 aromatic carbocycles. The van der Waals surface area contributed by atoms with Gasteiger partial charge in [-0.2, -0.15) is 0 Å². The molecule has 0 fully saturated rings. The molecule has 0 aliphatic rings. The summed E-state index contributed by atoms with van der Waals surface area (Å²) in [4.78, 5) is 10.9. The van der Waals surface area contributed by atoms with Gasteiger partial charge in [0.25, 0.3) is 0 Å². The largest absolute Gasteiger partial charge is 0.466 e. The Hall–Kier alpha value is -1.74. The van der Waals surface area contributed by atoms with Crippen LogP contribution in [0.5, 0.6) is 0 Å². The Balaban J connectivity index is 2.91. The minimum Gasteiger partial charge on any atom is -0.466 e. The highest BCUT2D eigenvalue weighted by Crippen LogP contribution is 2.21. The lowest BCUT2D eigenvalue weighted by molar-refractivity contribution is -0.134. The summed E-state index contributed by atoms with van der Waals surface area (Å²) in [5.41, 5.74) is 8.01. The van der Waals surface area contributed by atoms with E-state index in [9.17, 15) is 4.79 Å². The van der Waals surface area contributed by atoms with Crippen molar-refractivity contribution in [2.45, 2.75) is 6.92 Å². The van der Waals surface area contributed by atoms with E-state index in [4.69, 9.17) is 17.3 Å². The van der Waals surface area contributed by atoms with Crippen LogP contribution in [0.3, 0.4) is 0 Å². The highest BCUT2D eigenvalue weighted by Gasteiger charge is 1.98. The van der Waals surface area contributed by atoms with E-state index in [0.29, 0.717) is 10.7 Å². The summed E-state index contributed by atoms with van der Waals surface area (Å²) in [6, 6.07) is 5.25. The molecule has 0 saturated heterocycles. The summed E-state index contributed by atoms with van der Waals surface area (Å²) in [7, 11) is 1.33. The second-order valence-electron chi connectivity index (χ2n) is 3.53. The van der Waals surface area contributed by atoms with Gasteiger partial charge in [0.05, 0.1) is 7.11 Å². The molecule has 0 atom stereocenters. The molecule has 0 unspecified atom stereocenters. The van der Waals surface area contributed by atoms with Crippen LogP contribution in [0.1, 0.15) is 12.5 Å². The van der Waals surface area contributed by atoms with Gasteiger partial charge in [0.2, 0.25) is 0 Å². The summed E-state index contributed by atoms with van der Waals surface area (Å²) in [5, 5.41) is 0.616. The number of anilines is 1. The van der Waals surface area contributed by atoms with E-state index < -0.39 is 5.97 Å². The summed E-state index contributed by atoms with van der Waals surface area (Å²) in [6.45, 7) is 1.86. The summed E-state index contributed by atoms with van der Waals surface area (Å²) < 4.78 is 4.49. The number of ether oxygens (including phenoxy) is 1. The van der Waals surface area contributed by atoms with E-state index in [1.54, 1.807) is 24.3 Å². The number of hydrogen-bond acceptors (Lipinski definition) is 3. The van der Waals surface area contributed by atoms with E-state index in [1.807, 2.05) is 13.0 Å². The van der Waals surface area contributed by atoms with Crippen LogP contribution in [-0.2, 0) is 9.53 Å². The van der Waals surface area contributed by atoms with Crippen molar-refractivity contribution in [3.63, 3.8) is 0 Å². The van der Waals surface area contributed by atoms with Gasteiger partial charge < -0.3 is 10.5 Å². The Morgan fingerprint density at radius 3 is 2.76 bits per heavy atom. The Labute approximate surface area is 106 Å². The van der Waals surface area contributed by atoms with E-state index in [2.05, 4.69) is 4.74 Å². The van der Waals surface area contributed by atoms with Gasteiger partial charge in [0, 0.05) is 16.8 Å². The molecule has 0 spiro atoms. The van der Waals surface area contributed by atoms with Crippen molar-refractivity contribution < 1.29 is 9.53 Å². The molecule has 17 heavy (non-hydrogen) atoms. The predicted molar refractivity (Wildman–Crippen MR) is 70.7 cm³/mol. The van der Waals surface area contributed by atoms with Crippen molar-refractivity contribution in [3.05, 3.63) is 46.5 Å². The predicted octanol–water partition coefficient (Wildman–Crippen LogP) is 3.05. The molecular formula is C13H14ClNO2. The summed E-state index contributed by atoms with van der Waals surface area (Å²) in [6.07, 6.45) is 4.86. The number of nitrogens with two attached hydrogens (primary N) is 1. The number of rotatable bonds is 3. The fourth-order valence-electron chi connectivity index (χ4n) is 1.23. The molecule has 1 aromatic rings. The molecule has 90 valence electrons. The lowest BCUT2D eigenvalue weighted by Gasteiger charge is -2.01. The van der Waals surface area contributed by atoms with Gasteiger partial charge in [-0.1, -0.05) is 29.3 Å². The van der Waals surface area contributed by atoms with Crippen LogP contribution in [0, 0.1) is 0 Å². The Morgan fingerprint density at radius 2 is 2.12 bits per heavy atom. The maximum Gasteiger partial charge on any atom is 0.330 e. The first kappa shape index (κ1) is 13.3. The molecule has 0 aromatic heterocycles. The number of methoxy groups -OCH3 is 1. The lowest BCUT2D eigenvalue weighted by Crippen LogP contribution is -1.93. The number of hydrogen-bond donors (Lipinski definition) is 1. The summed E-state index contributed by atoms with van der Waals surface area (Å²) >= 11 is 6.01. The number of nitrogen functional groups attached to an aromatic ring is 1. The van der Waals surface area contributed by atoms with Crippen molar-refractivity contribution in [3.8, 4) is 0 Å². The van der Waals surface area contributed by atoms with Crippen molar-refractivity contribution in [1.29, 1.82) is 0 Å². The lowest BCUT2D eigenvalue weighted by atomic mass is 10.1. The van der Waals surface area contributed by atoms with Crippen molar-refractivity contribution in [1.82, 2.24) is 0 Å². The second kappa shape index (κ2) is 6.11. The molecule has 0 saturated carbocycles. The zero-order valence-electron chi connectivity index (χ0n) is 9.74.